The largest absolute Gasteiger partial charge is 0.486 e. The third-order valence-electron chi connectivity index (χ3n) is 4.62. The molecule has 0 saturated heterocycles. The summed E-state index contributed by atoms with van der Waals surface area (Å²) < 4.78 is 15.6. The van der Waals surface area contributed by atoms with Crippen molar-refractivity contribution in [3.8, 4) is 5.75 Å². The first kappa shape index (κ1) is 18.2. The fourth-order valence-electron chi connectivity index (χ4n) is 3.36. The molecule has 0 aliphatic carbocycles. The molecule has 1 aromatic carbocycles. The summed E-state index contributed by atoms with van der Waals surface area (Å²) in [6.07, 6.45) is 1.92. The van der Waals surface area contributed by atoms with Gasteiger partial charge >= 0.3 is 5.97 Å². The molecule has 8 heteroatoms. The summed E-state index contributed by atoms with van der Waals surface area (Å²) in [4.78, 5) is 12.5. The molecule has 144 valence electrons. The smallest absolute Gasteiger partial charge is 0.340 e. The number of carbonyl (C=O) groups is 1. The van der Waals surface area contributed by atoms with Gasteiger partial charge in [-0.1, -0.05) is 6.07 Å². The Labute approximate surface area is 166 Å². The number of hydrogen-bond donors (Lipinski definition) is 1. The number of aromatic amines is 1. The van der Waals surface area contributed by atoms with Gasteiger partial charge in [-0.3, -0.25) is 5.10 Å². The molecular weight excluding hydrogens is 376 g/mol. The van der Waals surface area contributed by atoms with Crippen molar-refractivity contribution < 1.29 is 14.3 Å². The van der Waals surface area contributed by atoms with Gasteiger partial charge in [-0.05, 0) is 50.3 Å². The van der Waals surface area contributed by atoms with Crippen LogP contribution in [0.2, 0.25) is 0 Å². The second kappa shape index (κ2) is 7.47. The van der Waals surface area contributed by atoms with Crippen LogP contribution in [0.1, 0.15) is 30.0 Å². The first-order valence-corrected chi connectivity index (χ1v) is 9.51. The highest BCUT2D eigenvalue weighted by Gasteiger charge is 2.19. The van der Waals surface area contributed by atoms with Crippen molar-refractivity contribution in [2.75, 3.05) is 6.61 Å². The van der Waals surface area contributed by atoms with Crippen molar-refractivity contribution in [1.82, 2.24) is 19.2 Å². The first-order chi connectivity index (χ1) is 13.6. The van der Waals surface area contributed by atoms with Crippen LogP contribution in [0.15, 0.2) is 42.6 Å². The third-order valence-corrected chi connectivity index (χ3v) is 4.93. The van der Waals surface area contributed by atoms with E-state index in [1.165, 1.54) is 0 Å². The highest BCUT2D eigenvalue weighted by Crippen LogP contribution is 2.30. The Hall–Kier alpha value is -3.13. The van der Waals surface area contributed by atoms with Crippen LogP contribution < -0.4 is 4.74 Å². The maximum absolute atomic E-state index is 12.5. The van der Waals surface area contributed by atoms with Gasteiger partial charge in [0.15, 0.2) is 10.6 Å². The van der Waals surface area contributed by atoms with Gasteiger partial charge in [0.1, 0.15) is 12.4 Å². The van der Waals surface area contributed by atoms with Crippen molar-refractivity contribution in [2.45, 2.75) is 27.0 Å². The fourth-order valence-corrected chi connectivity index (χ4v) is 3.64. The van der Waals surface area contributed by atoms with Crippen LogP contribution in [0, 0.1) is 4.77 Å². The van der Waals surface area contributed by atoms with E-state index in [4.69, 9.17) is 21.7 Å². The summed E-state index contributed by atoms with van der Waals surface area (Å²) in [7, 11) is 0. The van der Waals surface area contributed by atoms with E-state index < -0.39 is 0 Å². The summed E-state index contributed by atoms with van der Waals surface area (Å²) >= 11 is 5.21. The number of carbonyl (C=O) groups excluding carboxylic acids is 1. The van der Waals surface area contributed by atoms with E-state index in [1.807, 2.05) is 58.5 Å². The lowest BCUT2D eigenvalue weighted by atomic mass is 10.1. The van der Waals surface area contributed by atoms with Crippen LogP contribution in [0.4, 0.5) is 0 Å². The van der Waals surface area contributed by atoms with E-state index in [1.54, 1.807) is 6.92 Å². The molecule has 3 aromatic heterocycles. The molecule has 0 fully saturated rings. The average molecular weight is 396 g/mol. The molecule has 0 amide bonds. The van der Waals surface area contributed by atoms with Crippen molar-refractivity contribution in [1.29, 1.82) is 0 Å². The number of esters is 1. The third kappa shape index (κ3) is 3.05. The highest BCUT2D eigenvalue weighted by molar-refractivity contribution is 7.71. The standard InChI is InChI=1S/C20H20N4O3S/c1-3-23-17(21-22-20(23)28)12-27-13-8-9-14-16(11-13)24-10-6-5-7-15(24)18(14)19(25)26-4-2/h5-11H,3-4,12H2,1-2H3,(H,22,28). The van der Waals surface area contributed by atoms with Gasteiger partial charge in [0.05, 0.1) is 23.2 Å². The van der Waals surface area contributed by atoms with Crippen LogP contribution >= 0.6 is 12.2 Å². The maximum atomic E-state index is 12.5. The summed E-state index contributed by atoms with van der Waals surface area (Å²) in [5, 5.41) is 7.83. The molecule has 1 N–H and O–H groups in total. The number of rotatable bonds is 6. The van der Waals surface area contributed by atoms with Gasteiger partial charge in [-0.2, -0.15) is 5.10 Å². The second-order valence-electron chi connectivity index (χ2n) is 6.21. The Kier molecular flexibility index (Phi) is 4.87. The van der Waals surface area contributed by atoms with Crippen LogP contribution in [0.3, 0.4) is 0 Å². The number of benzene rings is 1. The predicted molar refractivity (Wildman–Crippen MR) is 108 cm³/mol. The monoisotopic (exact) mass is 396 g/mol. The van der Waals surface area contributed by atoms with Crippen LogP contribution in [0.5, 0.6) is 5.75 Å². The van der Waals surface area contributed by atoms with Gasteiger partial charge in [0.2, 0.25) is 0 Å². The molecular formula is C20H20N4O3S. The Balaban J connectivity index is 1.74. The highest BCUT2D eigenvalue weighted by atomic mass is 32.1. The molecule has 7 nitrogen and oxygen atoms in total. The van der Waals surface area contributed by atoms with E-state index in [9.17, 15) is 4.79 Å². The number of pyridine rings is 1. The van der Waals surface area contributed by atoms with E-state index in [0.717, 1.165) is 28.8 Å². The molecule has 0 aliphatic heterocycles. The molecule has 0 radical (unpaired) electrons. The zero-order valence-electron chi connectivity index (χ0n) is 15.6. The lowest BCUT2D eigenvalue weighted by Gasteiger charge is -2.07. The first-order valence-electron chi connectivity index (χ1n) is 9.10. The zero-order chi connectivity index (χ0) is 19.7. The van der Waals surface area contributed by atoms with Crippen molar-refractivity contribution in [3.63, 3.8) is 0 Å². The van der Waals surface area contributed by atoms with Gasteiger partial charge in [0, 0.05) is 24.2 Å². The van der Waals surface area contributed by atoms with Crippen molar-refractivity contribution in [3.05, 3.63) is 58.8 Å². The number of aromatic nitrogens is 4. The van der Waals surface area contributed by atoms with Gasteiger partial charge in [-0.25, -0.2) is 4.79 Å². The van der Waals surface area contributed by atoms with E-state index in [2.05, 4.69) is 10.2 Å². The molecule has 0 spiro atoms. The minimum absolute atomic E-state index is 0.292. The maximum Gasteiger partial charge on any atom is 0.340 e. The molecule has 0 aliphatic rings. The summed E-state index contributed by atoms with van der Waals surface area (Å²) in [5.41, 5.74) is 2.25. The Morgan fingerprint density at radius 3 is 2.86 bits per heavy atom. The number of hydrogen-bond acceptors (Lipinski definition) is 5. The normalized spacial score (nSPS) is 11.2. The number of fused-ring (bicyclic) bond motifs is 3. The fraction of sp³-hybridized carbons (Fsp3) is 0.250. The molecule has 0 unspecified atom stereocenters. The molecule has 0 bridgehead atoms. The molecule has 0 atom stereocenters. The van der Waals surface area contributed by atoms with E-state index in [-0.39, 0.29) is 5.97 Å². The van der Waals surface area contributed by atoms with Gasteiger partial charge in [0.25, 0.3) is 0 Å². The zero-order valence-corrected chi connectivity index (χ0v) is 16.5. The Bertz CT molecular complexity index is 1220. The number of ether oxygens (including phenoxy) is 2. The van der Waals surface area contributed by atoms with Gasteiger partial charge < -0.3 is 18.4 Å². The van der Waals surface area contributed by atoms with Crippen molar-refractivity contribution >= 4 is 34.6 Å². The lowest BCUT2D eigenvalue weighted by Crippen LogP contribution is -2.06. The average Bonchev–Trinajstić information content (AvgIpc) is 3.23. The molecule has 0 saturated carbocycles. The Morgan fingerprint density at radius 2 is 2.07 bits per heavy atom. The lowest BCUT2D eigenvalue weighted by molar-refractivity contribution is 0.0531. The number of H-pyrrole nitrogens is 1. The summed E-state index contributed by atoms with van der Waals surface area (Å²) in [6, 6.07) is 11.4. The van der Waals surface area contributed by atoms with Crippen LogP contribution in [0.25, 0.3) is 16.4 Å². The molecule has 28 heavy (non-hydrogen) atoms. The van der Waals surface area contributed by atoms with Crippen molar-refractivity contribution in [2.24, 2.45) is 0 Å². The number of nitrogens with zero attached hydrogens (tertiary/aromatic N) is 3. The molecule has 4 rings (SSSR count). The summed E-state index contributed by atoms with van der Waals surface area (Å²) in [5.74, 6) is 1.09. The van der Waals surface area contributed by atoms with Crippen LogP contribution in [-0.4, -0.2) is 31.7 Å². The molecule has 4 aromatic rings. The Morgan fingerprint density at radius 1 is 1.21 bits per heavy atom. The number of nitrogens with one attached hydrogen (secondary N) is 1. The van der Waals surface area contributed by atoms with Crippen LogP contribution in [-0.2, 0) is 17.9 Å². The minimum Gasteiger partial charge on any atom is -0.486 e. The van der Waals surface area contributed by atoms with Gasteiger partial charge in [-0.15, -0.1) is 0 Å². The minimum atomic E-state index is -0.326. The predicted octanol–water partition coefficient (Wildman–Crippen LogP) is 4.12. The second-order valence-corrected chi connectivity index (χ2v) is 6.59. The quantitative estimate of drug-likeness (QED) is 0.392. The SMILES string of the molecule is CCOC(=O)c1c2ccc(OCc3n[nH]c(=S)n3CC)cc2n2ccccc12. The van der Waals surface area contributed by atoms with E-state index in [0.29, 0.717) is 29.3 Å². The topological polar surface area (TPSA) is 73.6 Å². The van der Waals surface area contributed by atoms with E-state index >= 15 is 0 Å². The molecule has 3 heterocycles. The summed E-state index contributed by atoms with van der Waals surface area (Å²) in [6.45, 7) is 5.15.